The molecule has 10 heteroatoms. The molecule has 0 spiro atoms. The molecule has 0 aliphatic carbocycles. The second kappa shape index (κ2) is 15.7. The molecule has 0 aliphatic heterocycles. The van der Waals surface area contributed by atoms with Crippen LogP contribution in [-0.2, 0) is 4.79 Å². The van der Waals surface area contributed by atoms with Crippen LogP contribution in [0.3, 0.4) is 0 Å². The van der Waals surface area contributed by atoms with Gasteiger partial charge < -0.3 is 0 Å². The Morgan fingerprint density at radius 1 is 0.767 bits per heavy atom. The van der Waals surface area contributed by atoms with E-state index in [1.807, 2.05) is 18.2 Å². The fourth-order valence-corrected chi connectivity index (χ4v) is 2.56. The standard InChI is InChI=1S/C20H29N3O7/c1-2-3-4-5-6-7-8-9-10-11-12-13-14-15-16-17-19(21(25)26)20(18-24,22(27)28)23(29)30/h6-7,9-10,12-13,15-16,18-19H,2-5,8,11,14,17H2,1H3/b7-6+,10-9+,13-12+,16-15+. The predicted molar refractivity (Wildman–Crippen MR) is 113 cm³/mol. The van der Waals surface area contributed by atoms with Crippen molar-refractivity contribution in [2.24, 2.45) is 0 Å². The maximum absolute atomic E-state index is 11.1. The third-order valence-electron chi connectivity index (χ3n) is 4.32. The highest BCUT2D eigenvalue weighted by Crippen LogP contribution is 2.20. The molecule has 0 heterocycles. The summed E-state index contributed by atoms with van der Waals surface area (Å²) in [5, 5.41) is 33.0. The highest BCUT2D eigenvalue weighted by Gasteiger charge is 2.70. The second-order valence-electron chi connectivity index (χ2n) is 6.54. The first-order chi connectivity index (χ1) is 14.3. The molecule has 0 radical (unpaired) electrons. The van der Waals surface area contributed by atoms with Crippen LogP contribution >= 0.6 is 0 Å². The zero-order valence-corrected chi connectivity index (χ0v) is 17.1. The van der Waals surface area contributed by atoms with E-state index in [0.29, 0.717) is 12.8 Å². The fraction of sp³-hybridized carbons (Fsp3) is 0.550. The average Bonchev–Trinajstić information content (AvgIpc) is 2.69. The largest absolute Gasteiger partial charge is 0.578 e. The summed E-state index contributed by atoms with van der Waals surface area (Å²) >= 11 is 0. The van der Waals surface area contributed by atoms with E-state index in [1.54, 1.807) is 6.08 Å². The zero-order valence-electron chi connectivity index (χ0n) is 17.1. The third kappa shape index (κ3) is 9.35. The predicted octanol–water partition coefficient (Wildman–Crippen LogP) is 4.45. The van der Waals surface area contributed by atoms with Crippen molar-refractivity contribution < 1.29 is 19.6 Å². The summed E-state index contributed by atoms with van der Waals surface area (Å²) in [7, 11) is 0. The molecule has 0 saturated carbocycles. The van der Waals surface area contributed by atoms with E-state index in [4.69, 9.17) is 0 Å². The molecule has 0 aromatic heterocycles. The van der Waals surface area contributed by atoms with Crippen LogP contribution in [0.5, 0.6) is 0 Å². The number of aldehydes is 1. The number of rotatable bonds is 17. The quantitative estimate of drug-likeness (QED) is 0.0838. The monoisotopic (exact) mass is 423 g/mol. The molecule has 0 aliphatic rings. The summed E-state index contributed by atoms with van der Waals surface area (Å²) in [4.78, 5) is 39.8. The molecule has 1 atom stereocenters. The normalized spacial score (nSPS) is 13.5. The lowest BCUT2D eigenvalue weighted by Crippen LogP contribution is -2.59. The first-order valence-electron chi connectivity index (χ1n) is 9.83. The topological polar surface area (TPSA) is 146 Å². The summed E-state index contributed by atoms with van der Waals surface area (Å²) in [6.07, 6.45) is 20.4. The van der Waals surface area contributed by atoms with E-state index >= 15 is 0 Å². The Morgan fingerprint density at radius 2 is 1.23 bits per heavy atom. The summed E-state index contributed by atoms with van der Waals surface area (Å²) in [6, 6.07) is -2.29. The van der Waals surface area contributed by atoms with E-state index in [1.165, 1.54) is 31.4 Å². The number of allylic oxidation sites excluding steroid dienone is 7. The fourth-order valence-electron chi connectivity index (χ4n) is 2.56. The minimum absolute atomic E-state index is 0.403. The minimum atomic E-state index is -3.50. The molecule has 1 unspecified atom stereocenters. The first-order valence-corrected chi connectivity index (χ1v) is 9.83. The van der Waals surface area contributed by atoms with E-state index in [0.717, 1.165) is 12.8 Å². The van der Waals surface area contributed by atoms with Crippen LogP contribution < -0.4 is 0 Å². The molecule has 10 nitrogen and oxygen atoms in total. The van der Waals surface area contributed by atoms with Crippen LogP contribution in [0.15, 0.2) is 48.6 Å². The van der Waals surface area contributed by atoms with Gasteiger partial charge in [0.25, 0.3) is 6.29 Å². The number of unbranched alkanes of at least 4 members (excludes halogenated alkanes) is 3. The Balaban J connectivity index is 4.44. The Kier molecular flexibility index (Phi) is 14.1. The molecule has 0 aromatic carbocycles. The van der Waals surface area contributed by atoms with Crippen molar-refractivity contribution in [1.29, 1.82) is 0 Å². The lowest BCUT2D eigenvalue weighted by molar-refractivity contribution is -0.812. The number of hydrogen-bond acceptors (Lipinski definition) is 7. The second-order valence-corrected chi connectivity index (χ2v) is 6.54. The molecular weight excluding hydrogens is 394 g/mol. The van der Waals surface area contributed by atoms with Gasteiger partial charge in [0.1, 0.15) is 9.85 Å². The maximum Gasteiger partial charge on any atom is 0.578 e. The van der Waals surface area contributed by atoms with Gasteiger partial charge in [-0.25, -0.2) is 0 Å². The van der Waals surface area contributed by atoms with Crippen molar-refractivity contribution in [3.63, 3.8) is 0 Å². The van der Waals surface area contributed by atoms with E-state index in [-0.39, 0.29) is 0 Å². The first kappa shape index (κ1) is 26.8. The number of carbonyl (C=O) groups excluding carboxylic acids is 1. The summed E-state index contributed by atoms with van der Waals surface area (Å²) in [6.45, 7) is 2.17. The van der Waals surface area contributed by atoms with Gasteiger partial charge in [-0.3, -0.25) is 35.1 Å². The van der Waals surface area contributed by atoms with Gasteiger partial charge in [-0.1, -0.05) is 68.4 Å². The van der Waals surface area contributed by atoms with Crippen LogP contribution in [0.1, 0.15) is 58.3 Å². The van der Waals surface area contributed by atoms with Crippen LogP contribution in [-0.4, -0.2) is 32.8 Å². The Labute approximate surface area is 175 Å². The Bertz CT molecular complexity index is 670. The molecule has 30 heavy (non-hydrogen) atoms. The lowest BCUT2D eigenvalue weighted by atomic mass is 10.00. The van der Waals surface area contributed by atoms with Crippen molar-refractivity contribution in [3.05, 3.63) is 79.0 Å². The SMILES string of the molecule is CCCCC/C=C/C/C=C/C/C=C/C/C=C/CC([N+](=O)[O-])C(C=O)([N+](=O)[O-])[N+](=O)[O-]. The Hall–Kier alpha value is -3.17. The Morgan fingerprint density at radius 3 is 1.63 bits per heavy atom. The molecular formula is C20H29N3O7. The van der Waals surface area contributed by atoms with Crippen LogP contribution in [0.25, 0.3) is 0 Å². The van der Waals surface area contributed by atoms with Crippen molar-refractivity contribution in [3.8, 4) is 0 Å². The molecule has 0 saturated heterocycles. The average molecular weight is 423 g/mol. The number of carbonyl (C=O) groups is 1. The van der Waals surface area contributed by atoms with E-state index in [2.05, 4.69) is 19.1 Å². The lowest BCUT2D eigenvalue weighted by Gasteiger charge is -2.14. The van der Waals surface area contributed by atoms with Gasteiger partial charge >= 0.3 is 11.7 Å². The smallest absolute Gasteiger partial charge is 0.287 e. The van der Waals surface area contributed by atoms with Gasteiger partial charge in [-0.05, 0) is 32.1 Å². The van der Waals surface area contributed by atoms with Gasteiger partial charge in [0.15, 0.2) is 0 Å². The third-order valence-corrected chi connectivity index (χ3v) is 4.32. The van der Waals surface area contributed by atoms with E-state index < -0.39 is 39.2 Å². The number of hydrogen-bond donors (Lipinski definition) is 0. The molecule has 0 N–H and O–H groups in total. The molecule has 0 bridgehead atoms. The number of nitro groups is 3. The summed E-state index contributed by atoms with van der Waals surface area (Å²) < 4.78 is 0. The molecule has 166 valence electrons. The van der Waals surface area contributed by atoms with Gasteiger partial charge in [0.05, 0.1) is 0 Å². The minimum Gasteiger partial charge on any atom is -0.287 e. The van der Waals surface area contributed by atoms with Crippen molar-refractivity contribution in [2.45, 2.75) is 70.0 Å². The van der Waals surface area contributed by atoms with Gasteiger partial charge in [0.2, 0.25) is 0 Å². The summed E-state index contributed by atoms with van der Waals surface area (Å²) in [5.41, 5.74) is -3.50. The van der Waals surface area contributed by atoms with Gasteiger partial charge in [-0.2, -0.15) is 0 Å². The van der Waals surface area contributed by atoms with Crippen molar-refractivity contribution in [1.82, 2.24) is 0 Å². The van der Waals surface area contributed by atoms with Crippen LogP contribution in [0, 0.1) is 30.3 Å². The highest BCUT2D eigenvalue weighted by atomic mass is 16.7. The number of nitrogens with zero attached hydrogens (tertiary/aromatic N) is 3. The van der Waals surface area contributed by atoms with Gasteiger partial charge in [-0.15, -0.1) is 0 Å². The highest BCUT2D eigenvalue weighted by molar-refractivity contribution is 5.60. The van der Waals surface area contributed by atoms with Gasteiger partial charge in [0, 0.05) is 11.3 Å². The summed E-state index contributed by atoms with van der Waals surface area (Å²) in [5.74, 6) is 0. The van der Waals surface area contributed by atoms with Crippen molar-refractivity contribution in [2.75, 3.05) is 0 Å². The maximum atomic E-state index is 11.1. The molecule has 0 rings (SSSR count). The molecule has 0 amide bonds. The molecule has 0 fully saturated rings. The van der Waals surface area contributed by atoms with Crippen LogP contribution in [0.2, 0.25) is 0 Å². The zero-order chi connectivity index (χ0) is 22.8. The van der Waals surface area contributed by atoms with Crippen molar-refractivity contribution >= 4 is 6.29 Å². The molecule has 0 aromatic rings. The van der Waals surface area contributed by atoms with E-state index in [9.17, 15) is 35.1 Å². The van der Waals surface area contributed by atoms with Crippen LogP contribution in [0.4, 0.5) is 0 Å².